The number of aryl methyl sites for hydroxylation is 2. The van der Waals surface area contributed by atoms with Gasteiger partial charge in [-0.05, 0) is 51.2 Å². The fourth-order valence-electron chi connectivity index (χ4n) is 4.21. The number of aromatic nitrogens is 6. The van der Waals surface area contributed by atoms with Crippen molar-refractivity contribution in [2.24, 2.45) is 13.0 Å². The summed E-state index contributed by atoms with van der Waals surface area (Å²) in [6, 6.07) is 2.40. The average Bonchev–Trinajstić information content (AvgIpc) is 3.45. The van der Waals surface area contributed by atoms with Crippen molar-refractivity contribution in [2.75, 3.05) is 19.0 Å². The van der Waals surface area contributed by atoms with E-state index in [2.05, 4.69) is 37.1 Å². The van der Waals surface area contributed by atoms with E-state index in [4.69, 9.17) is 19.8 Å². The van der Waals surface area contributed by atoms with E-state index in [-0.39, 0.29) is 0 Å². The van der Waals surface area contributed by atoms with Crippen LogP contribution in [0.25, 0.3) is 32.4 Å². The van der Waals surface area contributed by atoms with E-state index in [0.29, 0.717) is 23.9 Å². The first-order valence-electron chi connectivity index (χ1n) is 11.1. The zero-order valence-electron chi connectivity index (χ0n) is 19.2. The number of hydrogen-bond acceptors (Lipinski definition) is 7. The minimum atomic E-state index is 0.323. The van der Waals surface area contributed by atoms with Crippen LogP contribution in [0.4, 0.5) is 5.82 Å². The minimum absolute atomic E-state index is 0.323. The largest absolute Gasteiger partial charge is 0.381 e. The highest BCUT2D eigenvalue weighted by Gasteiger charge is 2.29. The van der Waals surface area contributed by atoms with Crippen LogP contribution in [-0.4, -0.2) is 49.1 Å². The van der Waals surface area contributed by atoms with Gasteiger partial charge in [-0.15, -0.1) is 11.3 Å². The van der Waals surface area contributed by atoms with Crippen LogP contribution >= 0.6 is 11.3 Å². The van der Waals surface area contributed by atoms with Crippen molar-refractivity contribution in [1.82, 2.24) is 29.3 Å². The zero-order valence-corrected chi connectivity index (χ0v) is 20.0. The van der Waals surface area contributed by atoms with Gasteiger partial charge < -0.3 is 14.6 Å². The van der Waals surface area contributed by atoms with E-state index < -0.39 is 0 Å². The summed E-state index contributed by atoms with van der Waals surface area (Å²) < 4.78 is 9.38. The van der Waals surface area contributed by atoms with Gasteiger partial charge in [0.05, 0.1) is 16.4 Å². The van der Waals surface area contributed by atoms with E-state index in [9.17, 15) is 0 Å². The fourth-order valence-corrected chi connectivity index (χ4v) is 5.36. The second kappa shape index (κ2) is 8.29. The smallest absolute Gasteiger partial charge is 0.199 e. The van der Waals surface area contributed by atoms with Crippen LogP contribution in [0.1, 0.15) is 38.3 Å². The Morgan fingerprint density at radius 1 is 1.25 bits per heavy atom. The molecule has 4 heterocycles. The number of fused-ring (bicyclic) bond motifs is 1. The van der Waals surface area contributed by atoms with Gasteiger partial charge in [0.2, 0.25) is 0 Å². The normalized spacial score (nSPS) is 18.4. The van der Waals surface area contributed by atoms with Crippen LogP contribution in [0, 0.1) is 12.8 Å². The lowest BCUT2D eigenvalue weighted by molar-refractivity contribution is 0.00562. The number of nitrogens with zero attached hydrogens (tertiary/aromatic N) is 6. The van der Waals surface area contributed by atoms with Crippen molar-refractivity contribution in [1.29, 1.82) is 0 Å². The van der Waals surface area contributed by atoms with Crippen molar-refractivity contribution in [3.8, 4) is 22.2 Å². The molecule has 0 unspecified atom stereocenters. The molecule has 0 atom stereocenters. The Bertz CT molecular complexity index is 1250. The molecule has 32 heavy (non-hydrogen) atoms. The van der Waals surface area contributed by atoms with Crippen LogP contribution < -0.4 is 5.32 Å². The third-order valence-corrected chi connectivity index (χ3v) is 7.47. The summed E-state index contributed by atoms with van der Waals surface area (Å²) in [6.07, 6.45) is 8.30. The lowest BCUT2D eigenvalue weighted by Crippen LogP contribution is -2.34. The molecule has 1 saturated carbocycles. The molecule has 5 rings (SSSR count). The molecule has 0 amide bonds. The number of thiophene rings is 1. The summed E-state index contributed by atoms with van der Waals surface area (Å²) >= 11 is 1.67. The highest BCUT2D eigenvalue weighted by atomic mass is 32.1. The van der Waals surface area contributed by atoms with E-state index >= 15 is 0 Å². The first-order valence-corrected chi connectivity index (χ1v) is 11.9. The lowest BCUT2D eigenvalue weighted by Gasteiger charge is -2.34. The fraction of sp³-hybridized carbons (Fsp3) is 0.478. The summed E-state index contributed by atoms with van der Waals surface area (Å²) in [5.41, 5.74) is 2.14. The molecule has 1 aliphatic rings. The van der Waals surface area contributed by atoms with Crippen LogP contribution in [0.15, 0.2) is 24.7 Å². The van der Waals surface area contributed by atoms with E-state index in [1.807, 2.05) is 28.7 Å². The number of imidazole rings is 1. The summed E-state index contributed by atoms with van der Waals surface area (Å²) in [7, 11) is 3.75. The molecule has 0 bridgehead atoms. The first kappa shape index (κ1) is 21.1. The molecule has 0 spiro atoms. The SMILES string of the molecule is CO[C@H]1C[C@@H](CNc2nc(-c3nccn3C)nc3sc(-c4ccn(C(C)C)n4)c(C)c23)C1. The molecule has 168 valence electrons. The van der Waals surface area contributed by atoms with Gasteiger partial charge in [-0.3, -0.25) is 4.68 Å². The second-order valence-corrected chi connectivity index (χ2v) is 9.84. The first-order chi connectivity index (χ1) is 15.4. The Labute approximate surface area is 191 Å². The van der Waals surface area contributed by atoms with Crippen molar-refractivity contribution in [3.63, 3.8) is 0 Å². The molecule has 1 aliphatic carbocycles. The highest BCUT2D eigenvalue weighted by molar-refractivity contribution is 7.22. The van der Waals surface area contributed by atoms with Crippen molar-refractivity contribution in [3.05, 3.63) is 30.2 Å². The molecular weight excluding hydrogens is 422 g/mol. The highest BCUT2D eigenvalue weighted by Crippen LogP contribution is 2.41. The quantitative estimate of drug-likeness (QED) is 0.439. The molecule has 4 aromatic rings. The van der Waals surface area contributed by atoms with Crippen molar-refractivity contribution >= 4 is 27.4 Å². The molecule has 9 heteroatoms. The molecule has 1 N–H and O–H groups in total. The lowest BCUT2D eigenvalue weighted by atomic mass is 9.82. The van der Waals surface area contributed by atoms with Crippen LogP contribution in [0.2, 0.25) is 0 Å². The summed E-state index contributed by atoms with van der Waals surface area (Å²) in [5, 5.41) is 9.49. The van der Waals surface area contributed by atoms with Crippen molar-refractivity contribution < 1.29 is 4.74 Å². The van der Waals surface area contributed by atoms with Gasteiger partial charge in [-0.1, -0.05) is 0 Å². The van der Waals surface area contributed by atoms with Gasteiger partial charge in [-0.2, -0.15) is 5.10 Å². The minimum Gasteiger partial charge on any atom is -0.381 e. The van der Waals surface area contributed by atoms with Gasteiger partial charge in [0.1, 0.15) is 16.3 Å². The van der Waals surface area contributed by atoms with E-state index in [1.54, 1.807) is 24.6 Å². The monoisotopic (exact) mass is 451 g/mol. The number of nitrogens with one attached hydrogen (secondary N) is 1. The summed E-state index contributed by atoms with van der Waals surface area (Å²) in [6.45, 7) is 7.28. The van der Waals surface area contributed by atoms with Gasteiger partial charge in [0.25, 0.3) is 0 Å². The number of hydrogen-bond donors (Lipinski definition) is 1. The molecule has 8 nitrogen and oxygen atoms in total. The molecular formula is C23H29N7OS. The third kappa shape index (κ3) is 3.69. The van der Waals surface area contributed by atoms with E-state index in [0.717, 1.165) is 57.4 Å². The van der Waals surface area contributed by atoms with Gasteiger partial charge in [0.15, 0.2) is 11.6 Å². The standard InChI is InChI=1S/C23H29N7OS/c1-13(2)30-8-6-17(28-30)19-14(3)18-20(25-12-15-10-16(11-15)31-5)26-21(27-23(18)32-19)22-24-7-9-29(22)4/h6-9,13,15-16H,10-12H2,1-5H3,(H,25,26,27)/t15-,16+. The molecule has 0 radical (unpaired) electrons. The third-order valence-electron chi connectivity index (χ3n) is 6.27. The Morgan fingerprint density at radius 2 is 2.06 bits per heavy atom. The Hall–Kier alpha value is -2.78. The molecule has 4 aromatic heterocycles. The maximum atomic E-state index is 5.44. The summed E-state index contributed by atoms with van der Waals surface area (Å²) in [4.78, 5) is 16.4. The number of ether oxygens (including phenoxy) is 1. The number of methoxy groups -OCH3 is 1. The van der Waals surface area contributed by atoms with Gasteiger partial charge in [0, 0.05) is 45.3 Å². The topological polar surface area (TPSA) is 82.7 Å². The molecule has 1 fully saturated rings. The summed E-state index contributed by atoms with van der Waals surface area (Å²) in [5.74, 6) is 2.87. The predicted molar refractivity (Wildman–Crippen MR) is 128 cm³/mol. The second-order valence-electron chi connectivity index (χ2n) is 8.84. The van der Waals surface area contributed by atoms with Gasteiger partial charge in [-0.25, -0.2) is 15.0 Å². The molecule has 0 aliphatic heterocycles. The van der Waals surface area contributed by atoms with E-state index in [1.165, 1.54) is 0 Å². The Morgan fingerprint density at radius 3 is 2.72 bits per heavy atom. The van der Waals surface area contributed by atoms with Crippen LogP contribution in [0.5, 0.6) is 0 Å². The van der Waals surface area contributed by atoms with Crippen molar-refractivity contribution in [2.45, 2.75) is 45.8 Å². The maximum Gasteiger partial charge on any atom is 0.199 e. The average molecular weight is 452 g/mol. The number of anilines is 1. The molecule has 0 saturated heterocycles. The zero-order chi connectivity index (χ0) is 22.4. The maximum absolute atomic E-state index is 5.44. The predicted octanol–water partition coefficient (Wildman–Crippen LogP) is 4.68. The Kier molecular flexibility index (Phi) is 5.46. The van der Waals surface area contributed by atoms with Crippen LogP contribution in [0.3, 0.4) is 0 Å². The van der Waals surface area contributed by atoms with Crippen LogP contribution in [-0.2, 0) is 11.8 Å². The molecule has 0 aromatic carbocycles. The van der Waals surface area contributed by atoms with Gasteiger partial charge >= 0.3 is 0 Å². The Balaban J connectivity index is 1.56. The number of rotatable bonds is 7.